The predicted molar refractivity (Wildman–Crippen MR) is 78.9 cm³/mol. The number of sulfonamides is 1. The van der Waals surface area contributed by atoms with Gasteiger partial charge in [-0.2, -0.15) is 0 Å². The van der Waals surface area contributed by atoms with E-state index in [1.54, 1.807) is 12.1 Å². The van der Waals surface area contributed by atoms with E-state index in [1.165, 1.54) is 6.07 Å². The van der Waals surface area contributed by atoms with Gasteiger partial charge < -0.3 is 15.7 Å². The number of nitrogen functional groups attached to an aromatic ring is 1. The first kappa shape index (κ1) is 15.1. The van der Waals surface area contributed by atoms with Gasteiger partial charge in [-0.3, -0.25) is 0 Å². The van der Waals surface area contributed by atoms with Crippen molar-refractivity contribution in [3.63, 3.8) is 0 Å². The van der Waals surface area contributed by atoms with Crippen molar-refractivity contribution >= 4 is 21.4 Å². The number of aliphatic hydroxyl groups is 1. The minimum Gasteiger partial charge on any atom is -0.399 e. The van der Waals surface area contributed by atoms with Gasteiger partial charge in [-0.1, -0.05) is 0 Å². The van der Waals surface area contributed by atoms with Gasteiger partial charge in [0.25, 0.3) is 0 Å². The van der Waals surface area contributed by atoms with Crippen LogP contribution in [0, 0.1) is 0 Å². The van der Waals surface area contributed by atoms with Crippen molar-refractivity contribution in [3.05, 3.63) is 18.2 Å². The van der Waals surface area contributed by atoms with E-state index in [1.807, 2.05) is 4.90 Å². The van der Waals surface area contributed by atoms with Gasteiger partial charge in [0.2, 0.25) is 10.0 Å². The number of anilines is 2. The summed E-state index contributed by atoms with van der Waals surface area (Å²) >= 11 is 0. The minimum absolute atomic E-state index is 0.0577. The number of nitrogens with two attached hydrogens (primary N) is 2. The highest BCUT2D eigenvalue weighted by molar-refractivity contribution is 7.89. The molecule has 1 aliphatic heterocycles. The van der Waals surface area contributed by atoms with Crippen molar-refractivity contribution in [2.24, 2.45) is 5.14 Å². The second kappa shape index (κ2) is 5.99. The van der Waals surface area contributed by atoms with E-state index >= 15 is 0 Å². The summed E-state index contributed by atoms with van der Waals surface area (Å²) in [5.41, 5.74) is 6.62. The van der Waals surface area contributed by atoms with Crippen molar-refractivity contribution in [1.29, 1.82) is 0 Å². The Labute approximate surface area is 119 Å². The molecule has 0 saturated carbocycles. The molecule has 0 bridgehead atoms. The number of aliphatic hydroxyl groups excluding tert-OH is 1. The van der Waals surface area contributed by atoms with Crippen LogP contribution < -0.4 is 15.8 Å². The molecule has 1 atom stereocenters. The Morgan fingerprint density at radius 2 is 2.10 bits per heavy atom. The zero-order valence-corrected chi connectivity index (χ0v) is 12.1. The molecule has 7 heteroatoms. The maximum absolute atomic E-state index is 11.8. The maximum Gasteiger partial charge on any atom is 0.240 e. The van der Waals surface area contributed by atoms with Crippen molar-refractivity contribution < 1.29 is 13.5 Å². The summed E-state index contributed by atoms with van der Waals surface area (Å²) in [6, 6.07) is 4.91. The highest BCUT2D eigenvalue weighted by Crippen LogP contribution is 2.32. The molecule has 0 aliphatic carbocycles. The van der Waals surface area contributed by atoms with Crippen LogP contribution >= 0.6 is 0 Å². The van der Waals surface area contributed by atoms with E-state index in [2.05, 4.69) is 0 Å². The fraction of sp³-hybridized carbons (Fsp3) is 0.538. The Morgan fingerprint density at radius 1 is 1.35 bits per heavy atom. The zero-order valence-electron chi connectivity index (χ0n) is 11.3. The smallest absolute Gasteiger partial charge is 0.240 e. The molecule has 1 aliphatic rings. The maximum atomic E-state index is 11.8. The third-order valence-electron chi connectivity index (χ3n) is 3.69. The van der Waals surface area contributed by atoms with Crippen LogP contribution in [0.25, 0.3) is 0 Å². The van der Waals surface area contributed by atoms with E-state index in [0.29, 0.717) is 17.8 Å². The topological polar surface area (TPSA) is 110 Å². The Morgan fingerprint density at radius 3 is 2.75 bits per heavy atom. The van der Waals surface area contributed by atoms with Gasteiger partial charge in [0, 0.05) is 24.9 Å². The summed E-state index contributed by atoms with van der Waals surface area (Å²) < 4.78 is 23.5. The molecule has 0 spiro atoms. The number of piperidine rings is 1. The van der Waals surface area contributed by atoms with E-state index in [4.69, 9.17) is 16.0 Å². The molecule has 112 valence electrons. The van der Waals surface area contributed by atoms with Crippen LogP contribution in [0.4, 0.5) is 11.4 Å². The molecular formula is C13H21N3O3S. The van der Waals surface area contributed by atoms with Gasteiger partial charge in [-0.25, -0.2) is 13.6 Å². The quantitative estimate of drug-likeness (QED) is 0.707. The van der Waals surface area contributed by atoms with E-state index < -0.39 is 10.0 Å². The van der Waals surface area contributed by atoms with Crippen molar-refractivity contribution in [2.75, 3.05) is 23.8 Å². The van der Waals surface area contributed by atoms with Gasteiger partial charge >= 0.3 is 0 Å². The van der Waals surface area contributed by atoms with Crippen LogP contribution in [-0.4, -0.2) is 32.7 Å². The van der Waals surface area contributed by atoms with E-state index in [9.17, 15) is 8.42 Å². The lowest BCUT2D eigenvalue weighted by molar-refractivity contribution is 0.262. The summed E-state index contributed by atoms with van der Waals surface area (Å²) in [7, 11) is -3.83. The molecule has 5 N–H and O–H groups in total. The summed E-state index contributed by atoms with van der Waals surface area (Å²) in [5.74, 6) is 0. The molecular weight excluding hydrogens is 278 g/mol. The number of primary sulfonamides is 1. The van der Waals surface area contributed by atoms with Gasteiger partial charge in [0.05, 0.1) is 5.69 Å². The zero-order chi connectivity index (χ0) is 14.8. The predicted octanol–water partition coefficient (Wildman–Crippen LogP) is 0.658. The Kier molecular flexibility index (Phi) is 4.52. The number of hydrogen-bond donors (Lipinski definition) is 3. The SMILES string of the molecule is Nc1ccc(N2CCCCC2CCO)c(S(N)(=O)=O)c1. The van der Waals surface area contributed by atoms with Crippen LogP contribution in [0.15, 0.2) is 23.1 Å². The monoisotopic (exact) mass is 299 g/mol. The first-order chi connectivity index (χ1) is 9.43. The summed E-state index contributed by atoms with van der Waals surface area (Å²) in [6.07, 6.45) is 3.64. The highest BCUT2D eigenvalue weighted by Gasteiger charge is 2.26. The average molecular weight is 299 g/mol. The van der Waals surface area contributed by atoms with Crippen molar-refractivity contribution in [3.8, 4) is 0 Å². The van der Waals surface area contributed by atoms with Gasteiger partial charge in [0.1, 0.15) is 4.90 Å². The van der Waals surface area contributed by atoms with E-state index in [0.717, 1.165) is 25.8 Å². The molecule has 0 aromatic heterocycles. The lowest BCUT2D eigenvalue weighted by atomic mass is 9.98. The third-order valence-corrected chi connectivity index (χ3v) is 4.63. The molecule has 1 unspecified atom stereocenters. The van der Waals surface area contributed by atoms with Crippen LogP contribution in [0.2, 0.25) is 0 Å². The lowest BCUT2D eigenvalue weighted by Crippen LogP contribution is -2.41. The van der Waals surface area contributed by atoms with Crippen molar-refractivity contribution in [2.45, 2.75) is 36.6 Å². The van der Waals surface area contributed by atoms with Crippen LogP contribution in [-0.2, 0) is 10.0 Å². The van der Waals surface area contributed by atoms with Crippen LogP contribution in [0.1, 0.15) is 25.7 Å². The minimum atomic E-state index is -3.83. The van der Waals surface area contributed by atoms with Gasteiger partial charge in [0.15, 0.2) is 0 Å². The molecule has 20 heavy (non-hydrogen) atoms. The average Bonchev–Trinajstić information content (AvgIpc) is 2.39. The van der Waals surface area contributed by atoms with Crippen LogP contribution in [0.5, 0.6) is 0 Å². The normalized spacial score (nSPS) is 20.1. The third kappa shape index (κ3) is 3.23. The first-order valence-corrected chi connectivity index (χ1v) is 8.28. The molecule has 1 heterocycles. The summed E-state index contributed by atoms with van der Waals surface area (Å²) in [5, 5.41) is 14.5. The molecule has 0 amide bonds. The van der Waals surface area contributed by atoms with Gasteiger partial charge in [-0.05, 0) is 43.9 Å². The molecule has 0 radical (unpaired) electrons. The van der Waals surface area contributed by atoms with Gasteiger partial charge in [-0.15, -0.1) is 0 Å². The fourth-order valence-corrected chi connectivity index (χ4v) is 3.54. The first-order valence-electron chi connectivity index (χ1n) is 6.73. The van der Waals surface area contributed by atoms with E-state index in [-0.39, 0.29) is 17.5 Å². The van der Waals surface area contributed by atoms with Crippen LogP contribution in [0.3, 0.4) is 0 Å². The Bertz CT molecular complexity index is 572. The lowest BCUT2D eigenvalue weighted by Gasteiger charge is -2.38. The fourth-order valence-electron chi connectivity index (χ4n) is 2.76. The second-order valence-corrected chi connectivity index (χ2v) is 6.66. The number of nitrogens with zero attached hydrogens (tertiary/aromatic N) is 1. The highest BCUT2D eigenvalue weighted by atomic mass is 32.2. The molecule has 1 aromatic rings. The number of hydrogen-bond acceptors (Lipinski definition) is 5. The molecule has 1 saturated heterocycles. The summed E-state index contributed by atoms with van der Waals surface area (Å²) in [6.45, 7) is 0.845. The largest absolute Gasteiger partial charge is 0.399 e. The van der Waals surface area contributed by atoms with Crippen molar-refractivity contribution in [1.82, 2.24) is 0 Å². The Hall–Kier alpha value is -1.31. The second-order valence-electron chi connectivity index (χ2n) is 5.13. The number of rotatable bonds is 4. The molecule has 2 rings (SSSR count). The molecule has 1 fully saturated rings. The molecule has 1 aromatic carbocycles. The summed E-state index contributed by atoms with van der Waals surface area (Å²) in [4.78, 5) is 2.08. The standard InChI is InChI=1S/C13H21N3O3S/c14-10-4-5-12(13(9-10)20(15,18)19)16-7-2-1-3-11(16)6-8-17/h4-5,9,11,17H,1-3,6-8,14H2,(H2,15,18,19). The number of benzene rings is 1. The molecule has 6 nitrogen and oxygen atoms in total. The Balaban J connectivity index is 2.45.